The van der Waals surface area contributed by atoms with Crippen molar-refractivity contribution in [1.29, 1.82) is 0 Å². The number of fused-ring (bicyclic) bond motifs is 4. The molecule has 3 aliphatic heterocycles. The van der Waals surface area contributed by atoms with Crippen molar-refractivity contribution in [2.24, 2.45) is 5.92 Å². The molecule has 3 aliphatic rings. The molecule has 0 radical (unpaired) electrons. The van der Waals surface area contributed by atoms with Gasteiger partial charge < -0.3 is 4.90 Å². The molecular weight excluding hydrogens is 350 g/mol. The molecule has 1 aromatic carbocycles. The van der Waals surface area contributed by atoms with Crippen LogP contribution in [-0.4, -0.2) is 54.2 Å². The molecule has 0 saturated carbocycles. The highest BCUT2D eigenvalue weighted by molar-refractivity contribution is 7.89. The average molecular weight is 371 g/mol. The minimum atomic E-state index is -3.60. The van der Waals surface area contributed by atoms with Gasteiger partial charge in [0.05, 0.1) is 0 Å². The summed E-state index contributed by atoms with van der Waals surface area (Å²) in [5, 5.41) is 0. The SMILES string of the molecule is O=C(c1ccccc1)N1C[C@@H]2CC[C@H](C1)N(S(=O)(=O)c1cccnc1)C2. The first-order valence-corrected chi connectivity index (χ1v) is 10.3. The zero-order valence-electron chi connectivity index (χ0n) is 14.4. The fraction of sp³-hybridized carbons (Fsp3) is 0.368. The molecule has 2 atom stereocenters. The summed E-state index contributed by atoms with van der Waals surface area (Å²) in [5.41, 5.74) is 0.649. The smallest absolute Gasteiger partial charge is 0.253 e. The summed E-state index contributed by atoms with van der Waals surface area (Å²) in [7, 11) is -3.60. The topological polar surface area (TPSA) is 70.6 Å². The monoisotopic (exact) mass is 371 g/mol. The van der Waals surface area contributed by atoms with Crippen molar-refractivity contribution in [2.45, 2.75) is 23.8 Å². The Hall–Kier alpha value is -2.25. The third-order valence-electron chi connectivity index (χ3n) is 5.21. The lowest BCUT2D eigenvalue weighted by Crippen LogP contribution is -2.47. The lowest BCUT2D eigenvalue weighted by Gasteiger charge is -2.34. The Kier molecular flexibility index (Phi) is 4.50. The van der Waals surface area contributed by atoms with Gasteiger partial charge in [0.15, 0.2) is 0 Å². The van der Waals surface area contributed by atoms with Gasteiger partial charge in [-0.3, -0.25) is 9.78 Å². The van der Waals surface area contributed by atoms with E-state index in [4.69, 9.17) is 0 Å². The average Bonchev–Trinajstić information content (AvgIpc) is 3.01. The lowest BCUT2D eigenvalue weighted by molar-refractivity contribution is 0.0746. The normalized spacial score (nSPS) is 23.6. The first-order chi connectivity index (χ1) is 12.6. The van der Waals surface area contributed by atoms with Gasteiger partial charge in [-0.15, -0.1) is 0 Å². The van der Waals surface area contributed by atoms with Gasteiger partial charge in [0.25, 0.3) is 5.91 Å². The van der Waals surface area contributed by atoms with Crippen molar-refractivity contribution in [3.63, 3.8) is 0 Å². The van der Waals surface area contributed by atoms with Crippen LogP contribution in [0, 0.1) is 5.92 Å². The predicted octanol–water partition coefficient (Wildman–Crippen LogP) is 2.01. The maximum Gasteiger partial charge on any atom is 0.253 e. The summed E-state index contributed by atoms with van der Waals surface area (Å²) in [4.78, 5) is 18.8. The van der Waals surface area contributed by atoms with Crippen molar-refractivity contribution >= 4 is 15.9 Å². The molecule has 0 spiro atoms. The molecule has 2 aromatic rings. The predicted molar refractivity (Wildman–Crippen MR) is 97.0 cm³/mol. The number of aromatic nitrogens is 1. The van der Waals surface area contributed by atoms with E-state index in [1.807, 2.05) is 23.1 Å². The summed E-state index contributed by atoms with van der Waals surface area (Å²) in [6.07, 6.45) is 4.68. The lowest BCUT2D eigenvalue weighted by atomic mass is 9.97. The first kappa shape index (κ1) is 17.2. The maximum absolute atomic E-state index is 13.1. The second-order valence-corrected chi connectivity index (χ2v) is 8.83. The summed E-state index contributed by atoms with van der Waals surface area (Å²) in [6, 6.07) is 12.2. The van der Waals surface area contributed by atoms with Crippen molar-refractivity contribution < 1.29 is 13.2 Å². The molecule has 3 saturated heterocycles. The molecule has 1 amide bonds. The molecule has 26 heavy (non-hydrogen) atoms. The highest BCUT2D eigenvalue weighted by Gasteiger charge is 2.42. The van der Waals surface area contributed by atoms with Gasteiger partial charge in [0.2, 0.25) is 10.0 Å². The Morgan fingerprint density at radius 3 is 2.54 bits per heavy atom. The Bertz CT molecular complexity index is 887. The van der Waals surface area contributed by atoms with Gasteiger partial charge in [-0.25, -0.2) is 8.42 Å². The molecule has 3 fully saturated rings. The zero-order valence-corrected chi connectivity index (χ0v) is 15.2. The zero-order chi connectivity index (χ0) is 18.1. The molecule has 5 rings (SSSR count). The van der Waals surface area contributed by atoms with E-state index in [0.29, 0.717) is 25.2 Å². The molecule has 6 nitrogen and oxygen atoms in total. The molecule has 136 valence electrons. The van der Waals surface area contributed by atoms with Crippen molar-refractivity contribution in [1.82, 2.24) is 14.2 Å². The van der Waals surface area contributed by atoms with E-state index in [0.717, 1.165) is 12.8 Å². The van der Waals surface area contributed by atoms with Gasteiger partial charge in [-0.05, 0) is 43.0 Å². The number of piperidine rings is 1. The van der Waals surface area contributed by atoms with Crippen molar-refractivity contribution in [3.8, 4) is 0 Å². The van der Waals surface area contributed by atoms with E-state index in [9.17, 15) is 13.2 Å². The summed E-state index contributed by atoms with van der Waals surface area (Å²) < 4.78 is 27.7. The van der Waals surface area contributed by atoms with Crippen LogP contribution in [0.4, 0.5) is 0 Å². The second-order valence-electron chi connectivity index (χ2n) is 6.94. The number of pyridine rings is 1. The van der Waals surface area contributed by atoms with Crippen LogP contribution in [0.1, 0.15) is 23.2 Å². The van der Waals surface area contributed by atoms with E-state index in [-0.39, 0.29) is 22.8 Å². The van der Waals surface area contributed by atoms with Crippen LogP contribution in [0.2, 0.25) is 0 Å². The van der Waals surface area contributed by atoms with Crippen molar-refractivity contribution in [2.75, 3.05) is 19.6 Å². The number of carbonyl (C=O) groups is 1. The maximum atomic E-state index is 13.1. The standard InChI is InChI=1S/C19H21N3O3S/c23-19(16-5-2-1-3-6-16)21-12-15-8-9-17(14-21)22(13-15)26(24,25)18-7-4-10-20-11-18/h1-7,10-11,15,17H,8-9,12-14H2/t15-,17+/m0/s1. The number of benzene rings is 1. The summed E-state index contributed by atoms with van der Waals surface area (Å²) in [6.45, 7) is 1.49. The van der Waals surface area contributed by atoms with E-state index < -0.39 is 10.0 Å². The van der Waals surface area contributed by atoms with Crippen LogP contribution in [0.25, 0.3) is 0 Å². The molecule has 2 bridgehead atoms. The van der Waals surface area contributed by atoms with Gasteiger partial charge in [-0.1, -0.05) is 18.2 Å². The molecule has 7 heteroatoms. The van der Waals surface area contributed by atoms with Crippen LogP contribution in [0.5, 0.6) is 0 Å². The van der Waals surface area contributed by atoms with Crippen molar-refractivity contribution in [3.05, 3.63) is 60.4 Å². The van der Waals surface area contributed by atoms with Crippen LogP contribution in [-0.2, 0) is 10.0 Å². The number of nitrogens with zero attached hydrogens (tertiary/aromatic N) is 3. The Morgan fingerprint density at radius 2 is 1.81 bits per heavy atom. The van der Waals surface area contributed by atoms with E-state index >= 15 is 0 Å². The van der Waals surface area contributed by atoms with Crippen LogP contribution >= 0.6 is 0 Å². The van der Waals surface area contributed by atoms with Crippen LogP contribution in [0.15, 0.2) is 59.8 Å². The minimum absolute atomic E-state index is 0.0249. The highest BCUT2D eigenvalue weighted by Crippen LogP contribution is 2.32. The summed E-state index contributed by atoms with van der Waals surface area (Å²) >= 11 is 0. The minimum Gasteiger partial charge on any atom is -0.337 e. The number of hydrogen-bond donors (Lipinski definition) is 0. The summed E-state index contributed by atoms with van der Waals surface area (Å²) in [5.74, 6) is 0.135. The fourth-order valence-electron chi connectivity index (χ4n) is 3.90. The Labute approximate surface area is 153 Å². The third-order valence-corrected chi connectivity index (χ3v) is 7.11. The number of rotatable bonds is 3. The Balaban J connectivity index is 1.60. The number of carbonyl (C=O) groups excluding carboxylic acids is 1. The third kappa shape index (κ3) is 3.12. The van der Waals surface area contributed by atoms with Gasteiger partial charge in [0, 0.05) is 43.6 Å². The van der Waals surface area contributed by atoms with E-state index in [1.54, 1.807) is 34.8 Å². The molecule has 0 N–H and O–H groups in total. The Morgan fingerprint density at radius 1 is 1.00 bits per heavy atom. The quantitative estimate of drug-likeness (QED) is 0.827. The first-order valence-electron chi connectivity index (χ1n) is 8.82. The highest BCUT2D eigenvalue weighted by atomic mass is 32.2. The molecule has 1 aromatic heterocycles. The molecule has 0 aliphatic carbocycles. The number of amides is 1. The second kappa shape index (κ2) is 6.81. The van der Waals surface area contributed by atoms with Crippen LogP contribution < -0.4 is 0 Å². The largest absolute Gasteiger partial charge is 0.337 e. The van der Waals surface area contributed by atoms with E-state index in [1.165, 1.54) is 6.20 Å². The van der Waals surface area contributed by atoms with Crippen LogP contribution in [0.3, 0.4) is 0 Å². The van der Waals surface area contributed by atoms with Gasteiger partial charge in [-0.2, -0.15) is 4.31 Å². The van der Waals surface area contributed by atoms with E-state index in [2.05, 4.69) is 4.98 Å². The molecular formula is C19H21N3O3S. The van der Waals surface area contributed by atoms with Gasteiger partial charge >= 0.3 is 0 Å². The fourth-order valence-corrected chi connectivity index (χ4v) is 5.58. The number of sulfonamides is 1. The van der Waals surface area contributed by atoms with Gasteiger partial charge in [0.1, 0.15) is 4.90 Å². The molecule has 4 heterocycles. The molecule has 0 unspecified atom stereocenters. The number of hydrogen-bond acceptors (Lipinski definition) is 4.